The third-order valence-electron chi connectivity index (χ3n) is 6.00. The van der Waals surface area contributed by atoms with E-state index in [9.17, 15) is 9.90 Å². The Kier molecular flexibility index (Phi) is 6.48. The Morgan fingerprint density at radius 1 is 1.38 bits per heavy atom. The molecule has 6 nitrogen and oxygen atoms in total. The predicted octanol–water partition coefficient (Wildman–Crippen LogP) is 2.22. The van der Waals surface area contributed by atoms with Crippen LogP contribution in [0.2, 0.25) is 0 Å². The maximum Gasteiger partial charge on any atom is 0.341 e. The van der Waals surface area contributed by atoms with Gasteiger partial charge in [0.15, 0.2) is 0 Å². The summed E-state index contributed by atoms with van der Waals surface area (Å²) in [6.45, 7) is 4.56. The maximum atomic E-state index is 12.0. The van der Waals surface area contributed by atoms with Crippen molar-refractivity contribution in [2.24, 2.45) is 11.8 Å². The van der Waals surface area contributed by atoms with Gasteiger partial charge in [-0.25, -0.2) is 9.78 Å². The molecule has 1 aliphatic heterocycles. The number of nitrogens with one attached hydrogen (secondary N) is 1. The van der Waals surface area contributed by atoms with Crippen LogP contribution in [0, 0.1) is 11.8 Å². The van der Waals surface area contributed by atoms with Crippen molar-refractivity contribution in [1.29, 1.82) is 0 Å². The van der Waals surface area contributed by atoms with Crippen molar-refractivity contribution >= 4 is 11.8 Å². The second kappa shape index (κ2) is 8.82. The Bertz CT molecular complexity index is 610. The van der Waals surface area contributed by atoms with E-state index in [-0.39, 0.29) is 6.04 Å². The number of carbonyl (C=O) groups excluding carboxylic acids is 1. The zero-order chi connectivity index (χ0) is 18.5. The van der Waals surface area contributed by atoms with Gasteiger partial charge in [0, 0.05) is 25.3 Å². The standard InChI is InChI=1S/C20H31N3O3/c1-14-6-3-4-7-15(14)12-22-17-9-11-23(13-18(17)24)19-16(20(25)26-2)8-5-10-21-19/h5,8,10,14-15,17-18,22,24H,3-4,6-7,9,11-13H2,1-2H3. The van der Waals surface area contributed by atoms with E-state index in [1.165, 1.54) is 32.8 Å². The number of piperidine rings is 1. The van der Waals surface area contributed by atoms with Gasteiger partial charge in [0.25, 0.3) is 0 Å². The molecule has 1 aliphatic carbocycles. The Hall–Kier alpha value is -1.66. The van der Waals surface area contributed by atoms with Crippen molar-refractivity contribution < 1.29 is 14.6 Å². The number of hydrogen-bond donors (Lipinski definition) is 2. The number of rotatable bonds is 5. The van der Waals surface area contributed by atoms with Gasteiger partial charge in [-0.3, -0.25) is 0 Å². The number of methoxy groups -OCH3 is 1. The summed E-state index contributed by atoms with van der Waals surface area (Å²) >= 11 is 0. The van der Waals surface area contributed by atoms with Crippen LogP contribution in [-0.4, -0.2) is 54.9 Å². The molecule has 1 aromatic heterocycles. The minimum Gasteiger partial charge on any atom is -0.465 e. The molecule has 0 bridgehead atoms. The average Bonchev–Trinajstić information content (AvgIpc) is 2.67. The molecule has 2 aliphatic rings. The topological polar surface area (TPSA) is 74.7 Å². The number of pyridine rings is 1. The van der Waals surface area contributed by atoms with E-state index in [0.717, 1.165) is 31.3 Å². The number of nitrogens with zero attached hydrogens (tertiary/aromatic N) is 2. The lowest BCUT2D eigenvalue weighted by molar-refractivity contribution is 0.0599. The van der Waals surface area contributed by atoms with Crippen molar-refractivity contribution in [3.05, 3.63) is 23.9 Å². The average molecular weight is 361 g/mol. The lowest BCUT2D eigenvalue weighted by Crippen LogP contribution is -2.54. The summed E-state index contributed by atoms with van der Waals surface area (Å²) in [6.07, 6.45) is 7.32. The third kappa shape index (κ3) is 4.35. The van der Waals surface area contributed by atoms with Gasteiger partial charge < -0.3 is 20.1 Å². The summed E-state index contributed by atoms with van der Waals surface area (Å²) in [5.41, 5.74) is 0.449. The van der Waals surface area contributed by atoms with E-state index >= 15 is 0 Å². The summed E-state index contributed by atoms with van der Waals surface area (Å²) in [5, 5.41) is 14.2. The highest BCUT2D eigenvalue weighted by Gasteiger charge is 2.31. The monoisotopic (exact) mass is 361 g/mol. The van der Waals surface area contributed by atoms with Crippen LogP contribution in [0.15, 0.2) is 18.3 Å². The largest absolute Gasteiger partial charge is 0.465 e. The van der Waals surface area contributed by atoms with Crippen LogP contribution in [0.5, 0.6) is 0 Å². The Morgan fingerprint density at radius 2 is 2.19 bits per heavy atom. The van der Waals surface area contributed by atoms with E-state index in [2.05, 4.69) is 17.2 Å². The number of carbonyl (C=O) groups is 1. The normalized spacial score (nSPS) is 29.4. The van der Waals surface area contributed by atoms with Gasteiger partial charge >= 0.3 is 5.97 Å². The van der Waals surface area contributed by atoms with E-state index < -0.39 is 12.1 Å². The molecule has 0 spiro atoms. The molecule has 2 N–H and O–H groups in total. The molecule has 2 fully saturated rings. The van der Waals surface area contributed by atoms with Gasteiger partial charge in [-0.15, -0.1) is 0 Å². The number of hydrogen-bond acceptors (Lipinski definition) is 6. The number of aliphatic hydroxyl groups excluding tert-OH is 1. The molecule has 0 amide bonds. The Morgan fingerprint density at radius 3 is 2.92 bits per heavy atom. The van der Waals surface area contributed by atoms with Crippen LogP contribution < -0.4 is 10.2 Å². The molecule has 0 aromatic carbocycles. The zero-order valence-electron chi connectivity index (χ0n) is 15.9. The van der Waals surface area contributed by atoms with Gasteiger partial charge in [-0.05, 0) is 43.4 Å². The molecule has 1 saturated heterocycles. The molecule has 0 radical (unpaired) electrons. The summed E-state index contributed by atoms with van der Waals surface area (Å²) < 4.78 is 4.85. The third-order valence-corrected chi connectivity index (χ3v) is 6.00. The van der Waals surface area contributed by atoms with Crippen molar-refractivity contribution in [3.8, 4) is 0 Å². The van der Waals surface area contributed by atoms with Crippen LogP contribution in [-0.2, 0) is 4.74 Å². The molecular weight excluding hydrogens is 330 g/mol. The second-order valence-corrected chi connectivity index (χ2v) is 7.70. The fraction of sp³-hybridized carbons (Fsp3) is 0.700. The van der Waals surface area contributed by atoms with Gasteiger partial charge in [0.1, 0.15) is 11.4 Å². The van der Waals surface area contributed by atoms with Crippen LogP contribution in [0.1, 0.15) is 49.4 Å². The molecule has 4 atom stereocenters. The first-order valence-electron chi connectivity index (χ1n) is 9.80. The fourth-order valence-corrected chi connectivity index (χ4v) is 4.28. The highest BCUT2D eigenvalue weighted by atomic mass is 16.5. The number of β-amino-alcohol motifs (C(OH)–C–C–N with tert-alkyl or cyclic N) is 1. The molecule has 4 unspecified atom stereocenters. The first kappa shape index (κ1) is 19.1. The number of ether oxygens (including phenoxy) is 1. The predicted molar refractivity (Wildman–Crippen MR) is 101 cm³/mol. The molecule has 6 heteroatoms. The molecule has 2 heterocycles. The highest BCUT2D eigenvalue weighted by molar-refractivity contribution is 5.94. The maximum absolute atomic E-state index is 12.0. The molecular formula is C20H31N3O3. The van der Waals surface area contributed by atoms with Gasteiger partial charge in [-0.1, -0.05) is 26.2 Å². The first-order valence-corrected chi connectivity index (χ1v) is 9.80. The van der Waals surface area contributed by atoms with Crippen molar-refractivity contribution in [3.63, 3.8) is 0 Å². The number of esters is 1. The summed E-state index contributed by atoms with van der Waals surface area (Å²) in [4.78, 5) is 18.3. The summed E-state index contributed by atoms with van der Waals surface area (Å²) in [7, 11) is 1.37. The van der Waals surface area contributed by atoms with Crippen LogP contribution >= 0.6 is 0 Å². The van der Waals surface area contributed by atoms with Gasteiger partial charge in [0.05, 0.1) is 13.2 Å². The van der Waals surface area contributed by atoms with Crippen molar-refractivity contribution in [2.45, 2.75) is 51.2 Å². The number of anilines is 1. The summed E-state index contributed by atoms with van der Waals surface area (Å²) in [5.74, 6) is 1.69. The minimum absolute atomic E-state index is 0.102. The van der Waals surface area contributed by atoms with E-state index in [0.29, 0.717) is 17.9 Å². The molecule has 3 rings (SSSR count). The lowest BCUT2D eigenvalue weighted by Gasteiger charge is -2.39. The molecule has 26 heavy (non-hydrogen) atoms. The van der Waals surface area contributed by atoms with Gasteiger partial charge in [0.2, 0.25) is 0 Å². The quantitative estimate of drug-likeness (QED) is 0.784. The number of aromatic nitrogens is 1. The van der Waals surface area contributed by atoms with Crippen LogP contribution in [0.25, 0.3) is 0 Å². The van der Waals surface area contributed by atoms with Crippen molar-refractivity contribution in [1.82, 2.24) is 10.3 Å². The van der Waals surface area contributed by atoms with Crippen molar-refractivity contribution in [2.75, 3.05) is 31.6 Å². The minimum atomic E-state index is -0.477. The zero-order valence-corrected chi connectivity index (χ0v) is 15.9. The summed E-state index contributed by atoms with van der Waals surface area (Å²) in [6, 6.07) is 3.55. The lowest BCUT2D eigenvalue weighted by atomic mass is 9.80. The van der Waals surface area contributed by atoms with Gasteiger partial charge in [-0.2, -0.15) is 0 Å². The van der Waals surface area contributed by atoms with Crippen LogP contribution in [0.4, 0.5) is 5.82 Å². The second-order valence-electron chi connectivity index (χ2n) is 7.70. The van der Waals surface area contributed by atoms with E-state index in [4.69, 9.17) is 4.74 Å². The molecule has 1 aromatic rings. The fourth-order valence-electron chi connectivity index (χ4n) is 4.28. The molecule has 1 saturated carbocycles. The highest BCUT2D eigenvalue weighted by Crippen LogP contribution is 2.29. The smallest absolute Gasteiger partial charge is 0.341 e. The Labute approximate surface area is 155 Å². The van der Waals surface area contributed by atoms with E-state index in [1.807, 2.05) is 4.90 Å². The first-order chi connectivity index (χ1) is 12.6. The number of aliphatic hydroxyl groups is 1. The SMILES string of the molecule is COC(=O)c1cccnc1N1CCC(NCC2CCCCC2C)C(O)C1. The molecule has 144 valence electrons. The Balaban J connectivity index is 1.58. The van der Waals surface area contributed by atoms with E-state index in [1.54, 1.807) is 18.3 Å². The van der Waals surface area contributed by atoms with Crippen LogP contribution in [0.3, 0.4) is 0 Å².